The molecule has 2 aromatic carbocycles. The van der Waals surface area contributed by atoms with Crippen molar-refractivity contribution in [3.63, 3.8) is 0 Å². The number of halogens is 2. The number of nitrogens with one attached hydrogen (secondary N) is 2. The number of fused-ring (bicyclic) bond motifs is 2. The topological polar surface area (TPSA) is 95.2 Å². The summed E-state index contributed by atoms with van der Waals surface area (Å²) in [5, 5.41) is 12.3. The summed E-state index contributed by atoms with van der Waals surface area (Å²) in [6.45, 7) is 0.0787. The van der Waals surface area contributed by atoms with Gasteiger partial charge in [0.15, 0.2) is 5.56 Å². The molecule has 0 spiro atoms. The molecule has 2 heterocycles. The van der Waals surface area contributed by atoms with Gasteiger partial charge in [0.25, 0.3) is 5.56 Å². The quantitative estimate of drug-likeness (QED) is 0.282. The van der Waals surface area contributed by atoms with E-state index in [2.05, 4.69) is 9.97 Å². The van der Waals surface area contributed by atoms with E-state index in [0.29, 0.717) is 25.9 Å². The van der Waals surface area contributed by atoms with Gasteiger partial charge in [-0.15, -0.1) is 0 Å². The molecule has 0 saturated carbocycles. The van der Waals surface area contributed by atoms with Gasteiger partial charge in [-0.3, -0.25) is 4.79 Å². The van der Waals surface area contributed by atoms with Gasteiger partial charge in [-0.1, -0.05) is 29.8 Å². The van der Waals surface area contributed by atoms with Gasteiger partial charge in [0, 0.05) is 32.1 Å². The molecule has 8 heteroatoms. The number of hydrogen-bond acceptors (Lipinski definition) is 4. The molecular formula is C20H14ClIN2O4. The third-order valence-electron chi connectivity index (χ3n) is 4.49. The molecule has 4 aromatic rings. The van der Waals surface area contributed by atoms with Crippen LogP contribution in [0.5, 0.6) is 5.75 Å². The third-order valence-corrected chi connectivity index (χ3v) is 5.56. The lowest BCUT2D eigenvalue weighted by Crippen LogP contribution is -2.21. The van der Waals surface area contributed by atoms with Gasteiger partial charge in [0.1, 0.15) is 5.75 Å². The molecule has 0 saturated heterocycles. The van der Waals surface area contributed by atoms with Gasteiger partial charge >= 0.3 is 5.97 Å². The van der Waals surface area contributed by atoms with E-state index in [-0.39, 0.29) is 6.61 Å². The van der Waals surface area contributed by atoms with E-state index in [1.165, 1.54) is 6.07 Å². The number of para-hydroxylation sites is 1. The highest BCUT2D eigenvalue weighted by Crippen LogP contribution is 2.32. The summed E-state index contributed by atoms with van der Waals surface area (Å²) in [5.41, 5.74) is 1.23. The molecule has 0 atom stereocenters. The van der Waals surface area contributed by atoms with Gasteiger partial charge in [0.05, 0.1) is 17.5 Å². The molecule has 28 heavy (non-hydrogen) atoms. The van der Waals surface area contributed by atoms with Crippen molar-refractivity contribution in [1.29, 1.82) is 0 Å². The van der Waals surface area contributed by atoms with Crippen LogP contribution in [-0.4, -0.2) is 27.7 Å². The number of aromatic hydroxyl groups is 1. The number of esters is 1. The van der Waals surface area contributed by atoms with Gasteiger partial charge in [-0.25, -0.2) is 4.79 Å². The van der Waals surface area contributed by atoms with Crippen LogP contribution in [0.15, 0.2) is 47.4 Å². The molecule has 6 nitrogen and oxygen atoms in total. The third kappa shape index (κ3) is 3.35. The summed E-state index contributed by atoms with van der Waals surface area (Å²) < 4.78 is 5.88. The number of hydrogen-bond donors (Lipinski definition) is 3. The van der Waals surface area contributed by atoms with Crippen LogP contribution < -0.4 is 5.56 Å². The maximum Gasteiger partial charge on any atom is 0.347 e. The number of carbonyl (C=O) groups is 1. The summed E-state index contributed by atoms with van der Waals surface area (Å²) in [5.74, 6) is -1.27. The number of aromatic amines is 2. The molecule has 0 radical (unpaired) electrons. The predicted molar refractivity (Wildman–Crippen MR) is 116 cm³/mol. The lowest BCUT2D eigenvalue weighted by Gasteiger charge is -2.09. The average Bonchev–Trinajstić information content (AvgIpc) is 3.04. The first-order valence-electron chi connectivity index (χ1n) is 8.42. The second-order valence-corrected chi connectivity index (χ2v) is 7.83. The zero-order chi connectivity index (χ0) is 19.8. The van der Waals surface area contributed by atoms with E-state index < -0.39 is 22.8 Å². The Morgan fingerprint density at radius 1 is 1.21 bits per heavy atom. The van der Waals surface area contributed by atoms with E-state index in [1.807, 2.05) is 53.1 Å². The second-order valence-electron chi connectivity index (χ2n) is 6.23. The smallest absolute Gasteiger partial charge is 0.347 e. The van der Waals surface area contributed by atoms with Crippen molar-refractivity contribution in [1.82, 2.24) is 9.97 Å². The number of pyridine rings is 1. The van der Waals surface area contributed by atoms with Crippen molar-refractivity contribution in [3.8, 4) is 5.75 Å². The highest BCUT2D eigenvalue weighted by Gasteiger charge is 2.22. The summed E-state index contributed by atoms with van der Waals surface area (Å²) in [4.78, 5) is 30.5. The number of aromatic nitrogens is 2. The van der Waals surface area contributed by atoms with Crippen molar-refractivity contribution in [2.45, 2.75) is 6.42 Å². The SMILES string of the molecule is O=C(OCCc1c[nH]c2ccccc12)c1c(O)c2c(I)cc(Cl)cc2[nH]c1=O. The fourth-order valence-corrected chi connectivity index (χ4v) is 4.47. The molecular weight excluding hydrogens is 495 g/mol. The zero-order valence-corrected chi connectivity index (χ0v) is 17.3. The minimum atomic E-state index is -0.869. The number of carbonyl (C=O) groups excluding carboxylic acids is 1. The van der Waals surface area contributed by atoms with Crippen molar-refractivity contribution in [3.05, 3.63) is 72.7 Å². The highest BCUT2D eigenvalue weighted by molar-refractivity contribution is 14.1. The van der Waals surface area contributed by atoms with E-state index in [4.69, 9.17) is 16.3 Å². The van der Waals surface area contributed by atoms with E-state index in [0.717, 1.165) is 16.5 Å². The van der Waals surface area contributed by atoms with E-state index in [1.54, 1.807) is 6.07 Å². The Balaban J connectivity index is 1.58. The molecule has 0 aliphatic carbocycles. The van der Waals surface area contributed by atoms with Crippen LogP contribution in [0, 0.1) is 3.57 Å². The van der Waals surface area contributed by atoms with Crippen LogP contribution in [0.3, 0.4) is 0 Å². The average molecular weight is 509 g/mol. The minimum Gasteiger partial charge on any atom is -0.506 e. The van der Waals surface area contributed by atoms with Crippen LogP contribution in [0.25, 0.3) is 21.8 Å². The monoisotopic (exact) mass is 508 g/mol. The molecule has 0 amide bonds. The molecule has 0 aliphatic heterocycles. The van der Waals surface area contributed by atoms with Crippen molar-refractivity contribution in [2.24, 2.45) is 0 Å². The standard InChI is InChI=1S/C20H14ClIN2O4/c21-11-7-13(22)16-15(8-11)24-19(26)17(18(16)25)20(27)28-6-5-10-9-23-14-4-2-1-3-12(10)14/h1-4,7-9,23H,5-6H2,(H2,24,25,26). The molecule has 0 aliphatic rings. The van der Waals surface area contributed by atoms with Crippen molar-refractivity contribution >= 4 is 62.0 Å². The van der Waals surface area contributed by atoms with Crippen molar-refractivity contribution < 1.29 is 14.6 Å². The summed E-state index contributed by atoms with van der Waals surface area (Å²) >= 11 is 7.97. The number of rotatable bonds is 4. The molecule has 142 valence electrons. The molecule has 0 unspecified atom stereocenters. The first-order chi connectivity index (χ1) is 13.5. The Labute approximate surface area is 177 Å². The van der Waals surface area contributed by atoms with Crippen LogP contribution in [0.2, 0.25) is 5.02 Å². The van der Waals surface area contributed by atoms with Gasteiger partial charge in [-0.2, -0.15) is 0 Å². The zero-order valence-electron chi connectivity index (χ0n) is 14.4. The number of benzene rings is 2. The fourth-order valence-electron chi connectivity index (χ4n) is 3.18. The fraction of sp³-hybridized carbons (Fsp3) is 0.100. The van der Waals surface area contributed by atoms with Crippen LogP contribution >= 0.6 is 34.2 Å². The molecule has 0 bridgehead atoms. The first kappa shape index (κ1) is 18.8. The number of ether oxygens (including phenoxy) is 1. The second kappa shape index (κ2) is 7.48. The Hall–Kier alpha value is -2.52. The van der Waals surface area contributed by atoms with Gasteiger partial charge in [-0.05, 0) is 46.4 Å². The molecule has 0 fully saturated rings. The molecule has 3 N–H and O–H groups in total. The predicted octanol–water partition coefficient (Wildman–Crippen LogP) is 4.37. The Kier molecular flexibility index (Phi) is 5.03. The minimum absolute atomic E-state index is 0.0787. The van der Waals surface area contributed by atoms with Crippen LogP contribution in [0.1, 0.15) is 15.9 Å². The Bertz CT molecular complexity index is 1280. The summed E-state index contributed by atoms with van der Waals surface area (Å²) in [6.07, 6.45) is 2.35. The number of H-pyrrole nitrogens is 2. The van der Waals surface area contributed by atoms with E-state index >= 15 is 0 Å². The molecule has 2 aromatic heterocycles. The summed E-state index contributed by atoms with van der Waals surface area (Å²) in [6, 6.07) is 11.0. The largest absolute Gasteiger partial charge is 0.506 e. The first-order valence-corrected chi connectivity index (χ1v) is 9.87. The Morgan fingerprint density at radius 3 is 2.82 bits per heavy atom. The molecule has 4 rings (SSSR count). The van der Waals surface area contributed by atoms with E-state index in [9.17, 15) is 14.7 Å². The lowest BCUT2D eigenvalue weighted by atomic mass is 10.1. The summed E-state index contributed by atoms with van der Waals surface area (Å²) in [7, 11) is 0. The Morgan fingerprint density at radius 2 is 2.00 bits per heavy atom. The van der Waals surface area contributed by atoms with Gasteiger partial charge in [0.2, 0.25) is 0 Å². The maximum atomic E-state index is 12.5. The normalized spacial score (nSPS) is 11.2. The lowest BCUT2D eigenvalue weighted by molar-refractivity contribution is 0.0504. The van der Waals surface area contributed by atoms with Crippen molar-refractivity contribution in [2.75, 3.05) is 6.61 Å². The maximum absolute atomic E-state index is 12.5. The van der Waals surface area contributed by atoms with Crippen LogP contribution in [0.4, 0.5) is 0 Å². The van der Waals surface area contributed by atoms with Gasteiger partial charge < -0.3 is 19.8 Å². The van der Waals surface area contributed by atoms with Crippen LogP contribution in [-0.2, 0) is 11.2 Å². The highest BCUT2D eigenvalue weighted by atomic mass is 127.